The van der Waals surface area contributed by atoms with E-state index < -0.39 is 0 Å². The molecule has 1 heterocycles. The Morgan fingerprint density at radius 3 is 2.59 bits per heavy atom. The van der Waals surface area contributed by atoms with Crippen LogP contribution in [0.15, 0.2) is 65.5 Å². The van der Waals surface area contributed by atoms with Gasteiger partial charge in [0.05, 0.1) is 12.5 Å². The number of hydrogen-bond donors (Lipinski definition) is 2. The molecule has 0 saturated heterocycles. The third-order valence-corrected chi connectivity index (χ3v) is 4.48. The van der Waals surface area contributed by atoms with Gasteiger partial charge in [0, 0.05) is 11.9 Å². The smallest absolute Gasteiger partial charge is 0.272 e. The Labute approximate surface area is 154 Å². The van der Waals surface area contributed by atoms with E-state index in [-0.39, 0.29) is 17.2 Å². The van der Waals surface area contributed by atoms with Crippen molar-refractivity contribution in [1.29, 1.82) is 0 Å². The zero-order chi connectivity index (χ0) is 18.8. The number of methoxy groups -OCH3 is 1. The summed E-state index contributed by atoms with van der Waals surface area (Å²) in [6, 6.07) is 18.7. The van der Waals surface area contributed by atoms with Crippen LogP contribution < -0.4 is 15.6 Å². The number of amides is 1. The van der Waals surface area contributed by atoms with Crippen LogP contribution >= 0.6 is 0 Å². The molecule has 0 atom stereocenters. The van der Waals surface area contributed by atoms with Gasteiger partial charge in [0.1, 0.15) is 5.75 Å². The number of aromatic amines is 1. The van der Waals surface area contributed by atoms with E-state index in [4.69, 9.17) is 4.74 Å². The summed E-state index contributed by atoms with van der Waals surface area (Å²) in [7, 11) is 1.64. The van der Waals surface area contributed by atoms with Crippen molar-refractivity contribution >= 4 is 27.5 Å². The second-order valence-corrected chi connectivity index (χ2v) is 6.18. The molecule has 0 bridgehead atoms. The minimum Gasteiger partial charge on any atom is -0.497 e. The summed E-state index contributed by atoms with van der Waals surface area (Å²) in [5, 5.41) is 12.3. The molecule has 0 radical (unpaired) electrons. The molecular formula is C21H17N3O3. The molecule has 2 N–H and O–H groups in total. The molecule has 0 aliphatic rings. The minimum absolute atomic E-state index is 0.204. The van der Waals surface area contributed by atoms with Crippen molar-refractivity contribution < 1.29 is 9.53 Å². The third-order valence-electron chi connectivity index (χ3n) is 4.48. The van der Waals surface area contributed by atoms with E-state index in [9.17, 15) is 9.59 Å². The molecular weight excluding hydrogens is 342 g/mol. The Kier molecular flexibility index (Phi) is 4.30. The van der Waals surface area contributed by atoms with Crippen LogP contribution in [0.25, 0.3) is 21.5 Å². The van der Waals surface area contributed by atoms with Gasteiger partial charge in [0.25, 0.3) is 11.5 Å². The quantitative estimate of drug-likeness (QED) is 0.587. The molecule has 4 rings (SSSR count). The van der Waals surface area contributed by atoms with E-state index in [0.29, 0.717) is 17.3 Å². The van der Waals surface area contributed by atoms with Gasteiger partial charge in [-0.15, -0.1) is 0 Å². The van der Waals surface area contributed by atoms with E-state index in [0.717, 1.165) is 22.1 Å². The summed E-state index contributed by atoms with van der Waals surface area (Å²) in [6.07, 6.45) is 0. The summed E-state index contributed by atoms with van der Waals surface area (Å²) in [6.45, 7) is 0.357. The Morgan fingerprint density at radius 2 is 1.78 bits per heavy atom. The molecule has 27 heavy (non-hydrogen) atoms. The highest BCUT2D eigenvalue weighted by molar-refractivity contribution is 6.04. The number of carbonyl (C=O) groups excluding carboxylic acids is 1. The highest BCUT2D eigenvalue weighted by Crippen LogP contribution is 2.22. The van der Waals surface area contributed by atoms with E-state index in [1.807, 2.05) is 36.4 Å². The van der Waals surface area contributed by atoms with Crippen molar-refractivity contribution in [2.45, 2.75) is 6.54 Å². The molecule has 0 aliphatic carbocycles. The maximum Gasteiger partial charge on any atom is 0.272 e. The maximum absolute atomic E-state index is 12.6. The highest BCUT2D eigenvalue weighted by atomic mass is 16.5. The van der Waals surface area contributed by atoms with Gasteiger partial charge in [0.2, 0.25) is 0 Å². The molecule has 6 heteroatoms. The number of benzene rings is 3. The highest BCUT2D eigenvalue weighted by Gasteiger charge is 2.13. The fourth-order valence-corrected chi connectivity index (χ4v) is 3.06. The van der Waals surface area contributed by atoms with Crippen molar-refractivity contribution in [2.75, 3.05) is 7.11 Å². The largest absolute Gasteiger partial charge is 0.497 e. The zero-order valence-electron chi connectivity index (χ0n) is 14.7. The minimum atomic E-state index is -0.336. The number of ether oxygens (including phenoxy) is 1. The molecule has 6 nitrogen and oxygen atoms in total. The lowest BCUT2D eigenvalue weighted by atomic mass is 10.1. The van der Waals surface area contributed by atoms with Crippen LogP contribution in [0.1, 0.15) is 16.1 Å². The van der Waals surface area contributed by atoms with Gasteiger partial charge in [0.15, 0.2) is 5.69 Å². The predicted octanol–water partition coefficient (Wildman–Crippen LogP) is 3.01. The number of nitrogens with zero attached hydrogens (tertiary/aromatic N) is 1. The Bertz CT molecular complexity index is 1210. The van der Waals surface area contributed by atoms with Gasteiger partial charge in [-0.25, -0.2) is 5.10 Å². The van der Waals surface area contributed by atoms with Crippen LogP contribution in [0.5, 0.6) is 5.75 Å². The topological polar surface area (TPSA) is 84.1 Å². The fourth-order valence-electron chi connectivity index (χ4n) is 3.06. The van der Waals surface area contributed by atoms with E-state index >= 15 is 0 Å². The molecule has 0 unspecified atom stereocenters. The van der Waals surface area contributed by atoms with E-state index in [2.05, 4.69) is 15.5 Å². The first-order valence-corrected chi connectivity index (χ1v) is 8.48. The molecule has 1 amide bonds. The predicted molar refractivity (Wildman–Crippen MR) is 104 cm³/mol. The maximum atomic E-state index is 12.6. The fraction of sp³-hybridized carbons (Fsp3) is 0.0952. The Balaban J connectivity index is 1.57. The first kappa shape index (κ1) is 16.8. The Hall–Kier alpha value is -3.67. The first-order valence-electron chi connectivity index (χ1n) is 8.48. The van der Waals surface area contributed by atoms with Crippen molar-refractivity contribution in [3.8, 4) is 5.75 Å². The van der Waals surface area contributed by atoms with Gasteiger partial charge in [-0.3, -0.25) is 9.59 Å². The number of aromatic nitrogens is 2. The second-order valence-electron chi connectivity index (χ2n) is 6.18. The van der Waals surface area contributed by atoms with Crippen molar-refractivity contribution in [3.05, 3.63) is 82.3 Å². The van der Waals surface area contributed by atoms with Crippen molar-refractivity contribution in [1.82, 2.24) is 15.5 Å². The number of nitrogens with one attached hydrogen (secondary N) is 2. The van der Waals surface area contributed by atoms with Gasteiger partial charge in [-0.1, -0.05) is 36.4 Å². The third kappa shape index (κ3) is 3.25. The lowest BCUT2D eigenvalue weighted by molar-refractivity contribution is 0.0946. The summed E-state index contributed by atoms with van der Waals surface area (Å²) in [5.74, 6) is 0.469. The van der Waals surface area contributed by atoms with Crippen LogP contribution in [0.2, 0.25) is 0 Å². The van der Waals surface area contributed by atoms with Crippen LogP contribution in [0, 0.1) is 0 Å². The van der Waals surface area contributed by atoms with Crippen LogP contribution in [0.4, 0.5) is 0 Å². The summed E-state index contributed by atoms with van der Waals surface area (Å²) >= 11 is 0. The summed E-state index contributed by atoms with van der Waals surface area (Å²) in [5.41, 5.74) is 0.859. The van der Waals surface area contributed by atoms with E-state index in [1.165, 1.54) is 0 Å². The number of hydrogen-bond acceptors (Lipinski definition) is 4. The number of H-pyrrole nitrogens is 1. The summed E-state index contributed by atoms with van der Waals surface area (Å²) in [4.78, 5) is 24.4. The molecule has 3 aromatic carbocycles. The van der Waals surface area contributed by atoms with E-state index in [1.54, 1.807) is 31.4 Å². The molecule has 0 saturated carbocycles. The standard InChI is InChI=1S/C21H17N3O3/c1-27-16-9-8-14-10-13(6-7-15(14)11-16)12-22-21(26)19-17-4-2-3-5-18(17)20(25)24-23-19/h2-11H,12H2,1H3,(H,22,26)(H,24,25). The molecule has 1 aromatic heterocycles. The molecule has 4 aromatic rings. The number of carbonyl (C=O) groups is 1. The van der Waals surface area contributed by atoms with Gasteiger partial charge < -0.3 is 10.1 Å². The number of fused-ring (bicyclic) bond motifs is 2. The van der Waals surface area contributed by atoms with Crippen molar-refractivity contribution in [2.24, 2.45) is 0 Å². The van der Waals surface area contributed by atoms with Crippen LogP contribution in [0.3, 0.4) is 0 Å². The molecule has 0 aliphatic heterocycles. The van der Waals surface area contributed by atoms with Crippen LogP contribution in [-0.4, -0.2) is 23.2 Å². The molecule has 0 fully saturated rings. The Morgan fingerprint density at radius 1 is 1.04 bits per heavy atom. The second kappa shape index (κ2) is 6.92. The van der Waals surface area contributed by atoms with Gasteiger partial charge >= 0.3 is 0 Å². The monoisotopic (exact) mass is 359 g/mol. The number of rotatable bonds is 4. The average molecular weight is 359 g/mol. The van der Waals surface area contributed by atoms with Crippen molar-refractivity contribution in [3.63, 3.8) is 0 Å². The first-order chi connectivity index (χ1) is 13.2. The lowest BCUT2D eigenvalue weighted by Gasteiger charge is -2.08. The SMILES string of the molecule is COc1ccc2cc(CNC(=O)c3n[nH]c(=O)c4ccccc34)ccc2c1. The van der Waals surface area contributed by atoms with Crippen LogP contribution in [-0.2, 0) is 6.54 Å². The molecule has 0 spiro atoms. The van der Waals surface area contributed by atoms with Gasteiger partial charge in [-0.2, -0.15) is 5.10 Å². The zero-order valence-corrected chi connectivity index (χ0v) is 14.7. The summed E-state index contributed by atoms with van der Waals surface area (Å²) < 4.78 is 5.23. The molecule has 134 valence electrons. The normalized spacial score (nSPS) is 10.9. The lowest BCUT2D eigenvalue weighted by Crippen LogP contribution is -2.26. The van der Waals surface area contributed by atoms with Gasteiger partial charge in [-0.05, 0) is 40.6 Å². The average Bonchev–Trinajstić information content (AvgIpc) is 2.72.